The number of nitrogens with two attached hydrogens (primary N) is 1. The normalized spacial score (nSPS) is 16.7. The molecule has 0 bridgehead atoms. The van der Waals surface area contributed by atoms with E-state index in [1.54, 1.807) is 0 Å². The van der Waals surface area contributed by atoms with E-state index >= 15 is 0 Å². The van der Waals surface area contributed by atoms with Gasteiger partial charge in [0, 0.05) is 25.4 Å². The topological polar surface area (TPSA) is 62.4 Å². The van der Waals surface area contributed by atoms with E-state index in [-0.39, 0.29) is 6.61 Å². The summed E-state index contributed by atoms with van der Waals surface area (Å²) in [5, 5.41) is 9.20. The molecule has 0 unspecified atom stereocenters. The molecule has 1 aliphatic heterocycles. The van der Waals surface area contributed by atoms with Gasteiger partial charge in [-0.2, -0.15) is 0 Å². The monoisotopic (exact) mass is 279 g/mol. The van der Waals surface area contributed by atoms with Gasteiger partial charge in [0.05, 0.1) is 5.56 Å². The van der Waals surface area contributed by atoms with E-state index in [0.717, 1.165) is 48.6 Å². The molecule has 104 valence electrons. The second-order valence-electron chi connectivity index (χ2n) is 5.26. The lowest BCUT2D eigenvalue weighted by molar-refractivity contribution is 0.203. The van der Waals surface area contributed by atoms with Gasteiger partial charge in [-0.15, -0.1) is 0 Å². The van der Waals surface area contributed by atoms with Crippen molar-refractivity contribution in [1.82, 2.24) is 4.98 Å². The number of aromatic nitrogens is 1. The smallest absolute Gasteiger partial charge is 0.139 e. The van der Waals surface area contributed by atoms with Crippen LogP contribution in [0.2, 0.25) is 0 Å². The predicted octanol–water partition coefficient (Wildman–Crippen LogP) is 1.54. The molecule has 0 radical (unpaired) electrons. The quantitative estimate of drug-likeness (QED) is 0.822. The summed E-state index contributed by atoms with van der Waals surface area (Å²) in [5.74, 6) is 1.32. The van der Waals surface area contributed by atoms with Crippen molar-refractivity contribution >= 4 is 23.0 Å². The molecule has 4 nitrogen and oxygen atoms in total. The fraction of sp³-hybridized carbons (Fsp3) is 0.571. The first kappa shape index (κ1) is 14.2. The zero-order chi connectivity index (χ0) is 14.0. The van der Waals surface area contributed by atoms with Gasteiger partial charge in [0.25, 0.3) is 0 Å². The first-order valence-electron chi connectivity index (χ1n) is 6.66. The minimum absolute atomic E-state index is 0.274. The van der Waals surface area contributed by atoms with E-state index < -0.39 is 0 Å². The number of nitrogens with zero attached hydrogens (tertiary/aromatic N) is 2. The number of aliphatic hydroxyl groups excluding tert-OH is 1. The van der Waals surface area contributed by atoms with Gasteiger partial charge in [0.2, 0.25) is 0 Å². The van der Waals surface area contributed by atoms with Gasteiger partial charge in [-0.3, -0.25) is 0 Å². The van der Waals surface area contributed by atoms with E-state index in [1.807, 2.05) is 19.9 Å². The Balaban J connectivity index is 2.31. The number of hydrogen-bond acceptors (Lipinski definition) is 4. The summed E-state index contributed by atoms with van der Waals surface area (Å²) < 4.78 is 0. The molecule has 1 fully saturated rings. The lowest BCUT2D eigenvalue weighted by Crippen LogP contribution is -2.37. The van der Waals surface area contributed by atoms with Crippen molar-refractivity contribution in [3.05, 3.63) is 22.9 Å². The maximum Gasteiger partial charge on any atom is 0.139 e. The third kappa shape index (κ3) is 3.04. The van der Waals surface area contributed by atoms with Crippen molar-refractivity contribution in [3.8, 4) is 0 Å². The molecule has 1 aromatic heterocycles. The summed E-state index contributed by atoms with van der Waals surface area (Å²) in [7, 11) is 0. The third-order valence-electron chi connectivity index (χ3n) is 3.74. The predicted molar refractivity (Wildman–Crippen MR) is 81.6 cm³/mol. The Labute approximate surface area is 119 Å². The van der Waals surface area contributed by atoms with Crippen LogP contribution < -0.4 is 10.6 Å². The van der Waals surface area contributed by atoms with Crippen LogP contribution in [0.5, 0.6) is 0 Å². The van der Waals surface area contributed by atoms with Crippen molar-refractivity contribution in [1.29, 1.82) is 0 Å². The Morgan fingerprint density at radius 2 is 2.11 bits per heavy atom. The second kappa shape index (κ2) is 5.84. The number of hydrogen-bond donors (Lipinski definition) is 2. The van der Waals surface area contributed by atoms with Gasteiger partial charge in [0.1, 0.15) is 10.8 Å². The fourth-order valence-corrected chi connectivity index (χ4v) is 2.93. The summed E-state index contributed by atoms with van der Waals surface area (Å²) in [6.07, 6.45) is 1.98. The summed E-state index contributed by atoms with van der Waals surface area (Å²) in [6.45, 7) is 6.08. The maximum absolute atomic E-state index is 9.20. The van der Waals surface area contributed by atoms with Crippen molar-refractivity contribution in [3.63, 3.8) is 0 Å². The highest BCUT2D eigenvalue weighted by Gasteiger charge is 2.23. The first-order valence-corrected chi connectivity index (χ1v) is 7.07. The van der Waals surface area contributed by atoms with Gasteiger partial charge in [-0.05, 0) is 44.2 Å². The van der Waals surface area contributed by atoms with Crippen LogP contribution in [0.25, 0.3) is 0 Å². The van der Waals surface area contributed by atoms with Crippen molar-refractivity contribution in [2.24, 2.45) is 11.7 Å². The molecular weight excluding hydrogens is 258 g/mol. The summed E-state index contributed by atoms with van der Waals surface area (Å²) in [5.41, 5.74) is 8.81. The molecule has 1 aromatic rings. The molecule has 5 heteroatoms. The Bertz CT molecular complexity index is 482. The number of anilines is 1. The van der Waals surface area contributed by atoms with Gasteiger partial charge >= 0.3 is 0 Å². The van der Waals surface area contributed by atoms with Gasteiger partial charge in [-0.1, -0.05) is 12.2 Å². The second-order valence-corrected chi connectivity index (χ2v) is 5.70. The zero-order valence-electron chi connectivity index (χ0n) is 11.5. The van der Waals surface area contributed by atoms with E-state index in [1.165, 1.54) is 0 Å². The summed E-state index contributed by atoms with van der Waals surface area (Å²) >= 11 is 5.17. The fourth-order valence-electron chi connectivity index (χ4n) is 2.68. The highest BCUT2D eigenvalue weighted by molar-refractivity contribution is 7.80. The van der Waals surface area contributed by atoms with Gasteiger partial charge in [-0.25, -0.2) is 4.98 Å². The molecule has 2 rings (SSSR count). The van der Waals surface area contributed by atoms with Gasteiger partial charge in [0.15, 0.2) is 0 Å². The number of piperidine rings is 1. The standard InChI is InChI=1S/C14H21N3OS/c1-9-7-10(2)16-14(12(9)13(15)19)17-5-3-11(8-18)4-6-17/h7,11,18H,3-6,8H2,1-2H3,(H2,15,19). The molecule has 3 N–H and O–H groups in total. The molecule has 0 atom stereocenters. The van der Waals surface area contributed by atoms with Crippen LogP contribution in [-0.4, -0.2) is 34.8 Å². The molecule has 2 heterocycles. The SMILES string of the molecule is Cc1cc(C)c(C(N)=S)c(N2CCC(CO)CC2)n1. The average Bonchev–Trinajstić information content (AvgIpc) is 2.37. The van der Waals surface area contributed by atoms with Crippen LogP contribution in [0, 0.1) is 19.8 Å². The van der Waals surface area contributed by atoms with Crippen LogP contribution in [0.1, 0.15) is 29.7 Å². The van der Waals surface area contributed by atoms with Crippen LogP contribution in [0.3, 0.4) is 0 Å². The molecule has 1 saturated heterocycles. The molecule has 0 aliphatic carbocycles. The largest absolute Gasteiger partial charge is 0.396 e. The van der Waals surface area contributed by atoms with E-state index in [2.05, 4.69) is 9.88 Å². The number of aliphatic hydroxyl groups is 1. The highest BCUT2D eigenvalue weighted by atomic mass is 32.1. The van der Waals surface area contributed by atoms with Crippen LogP contribution >= 0.6 is 12.2 Å². The highest BCUT2D eigenvalue weighted by Crippen LogP contribution is 2.27. The lowest BCUT2D eigenvalue weighted by Gasteiger charge is -2.33. The Kier molecular flexibility index (Phi) is 4.37. The number of pyridine rings is 1. The van der Waals surface area contributed by atoms with E-state index in [9.17, 15) is 5.11 Å². The molecule has 19 heavy (non-hydrogen) atoms. The van der Waals surface area contributed by atoms with E-state index in [4.69, 9.17) is 18.0 Å². The summed E-state index contributed by atoms with van der Waals surface area (Å²) in [6, 6.07) is 2.01. The molecule has 0 aromatic carbocycles. The lowest BCUT2D eigenvalue weighted by atomic mass is 9.97. The Hall–Kier alpha value is -1.20. The van der Waals surface area contributed by atoms with E-state index in [0.29, 0.717) is 10.9 Å². The molecule has 1 aliphatic rings. The number of thiocarbonyl (C=S) groups is 1. The van der Waals surface area contributed by atoms with Crippen molar-refractivity contribution in [2.45, 2.75) is 26.7 Å². The number of rotatable bonds is 3. The molecule has 0 saturated carbocycles. The minimum Gasteiger partial charge on any atom is -0.396 e. The first-order chi connectivity index (χ1) is 9.02. The van der Waals surface area contributed by atoms with Crippen LogP contribution in [0.4, 0.5) is 5.82 Å². The minimum atomic E-state index is 0.274. The Morgan fingerprint density at radius 1 is 1.47 bits per heavy atom. The number of aryl methyl sites for hydroxylation is 2. The third-order valence-corrected chi connectivity index (χ3v) is 3.95. The summed E-state index contributed by atoms with van der Waals surface area (Å²) in [4.78, 5) is 7.27. The average molecular weight is 279 g/mol. The van der Waals surface area contributed by atoms with Crippen molar-refractivity contribution in [2.75, 3.05) is 24.6 Å². The maximum atomic E-state index is 9.20. The molecular formula is C14H21N3OS. The van der Waals surface area contributed by atoms with Gasteiger partial charge < -0.3 is 15.7 Å². The Morgan fingerprint density at radius 3 is 2.63 bits per heavy atom. The van der Waals surface area contributed by atoms with Crippen LogP contribution in [-0.2, 0) is 0 Å². The zero-order valence-corrected chi connectivity index (χ0v) is 12.3. The van der Waals surface area contributed by atoms with Crippen molar-refractivity contribution < 1.29 is 5.11 Å². The van der Waals surface area contributed by atoms with Crippen LogP contribution in [0.15, 0.2) is 6.07 Å². The molecule has 0 amide bonds. The molecule has 0 spiro atoms.